The van der Waals surface area contributed by atoms with Crippen molar-refractivity contribution in [3.8, 4) is 5.75 Å². The maximum atomic E-state index is 12.6. The Balaban J connectivity index is 2.92. The standard InChI is InChI=1S/C18H26F2N4O2/c1-12(2)9-21-18(23-11-16(25)24(4)5)22-10-14-8-13(3)6-7-15(14)26-17(19)20/h6-8,17H,1,9-11H2,2-5H3,(H2,21,22,23). The van der Waals surface area contributed by atoms with Gasteiger partial charge in [0.15, 0.2) is 5.96 Å². The van der Waals surface area contributed by atoms with Gasteiger partial charge < -0.3 is 20.3 Å². The maximum absolute atomic E-state index is 12.6. The van der Waals surface area contributed by atoms with E-state index in [1.54, 1.807) is 26.2 Å². The number of benzene rings is 1. The van der Waals surface area contributed by atoms with Crippen LogP contribution in [-0.2, 0) is 11.3 Å². The highest BCUT2D eigenvalue weighted by atomic mass is 19.3. The van der Waals surface area contributed by atoms with E-state index in [-0.39, 0.29) is 24.7 Å². The molecule has 0 saturated heterocycles. The molecule has 0 radical (unpaired) electrons. The van der Waals surface area contributed by atoms with Crippen molar-refractivity contribution in [2.45, 2.75) is 27.0 Å². The van der Waals surface area contributed by atoms with Crippen LogP contribution in [0.2, 0.25) is 0 Å². The van der Waals surface area contributed by atoms with E-state index in [1.165, 1.54) is 11.0 Å². The number of aryl methyl sites for hydroxylation is 1. The van der Waals surface area contributed by atoms with Gasteiger partial charge in [0.05, 0.1) is 13.1 Å². The number of rotatable bonds is 8. The molecule has 2 N–H and O–H groups in total. The molecule has 1 amide bonds. The zero-order chi connectivity index (χ0) is 19.7. The number of likely N-dealkylation sites (N-methyl/N-ethyl adjacent to an activating group) is 1. The fourth-order valence-electron chi connectivity index (χ4n) is 1.93. The summed E-state index contributed by atoms with van der Waals surface area (Å²) < 4.78 is 29.7. The summed E-state index contributed by atoms with van der Waals surface area (Å²) >= 11 is 0. The van der Waals surface area contributed by atoms with Gasteiger partial charge in [-0.1, -0.05) is 29.8 Å². The lowest BCUT2D eigenvalue weighted by Crippen LogP contribution is -2.43. The van der Waals surface area contributed by atoms with E-state index in [0.29, 0.717) is 18.1 Å². The maximum Gasteiger partial charge on any atom is 0.387 e. The Kier molecular flexibility index (Phi) is 8.54. The van der Waals surface area contributed by atoms with Gasteiger partial charge in [0, 0.05) is 26.2 Å². The number of carbonyl (C=O) groups excluding carboxylic acids is 1. The topological polar surface area (TPSA) is 66.0 Å². The zero-order valence-electron chi connectivity index (χ0n) is 15.6. The molecule has 0 aliphatic rings. The fraction of sp³-hybridized carbons (Fsp3) is 0.444. The molecule has 1 aromatic rings. The Labute approximate surface area is 152 Å². The summed E-state index contributed by atoms with van der Waals surface area (Å²) in [5.74, 6) is 0.345. The van der Waals surface area contributed by atoms with E-state index in [1.807, 2.05) is 13.8 Å². The van der Waals surface area contributed by atoms with Crippen molar-refractivity contribution in [3.05, 3.63) is 41.5 Å². The van der Waals surface area contributed by atoms with E-state index in [0.717, 1.165) is 11.1 Å². The highest BCUT2D eigenvalue weighted by Gasteiger charge is 2.11. The number of alkyl halides is 2. The van der Waals surface area contributed by atoms with E-state index in [9.17, 15) is 13.6 Å². The molecular weight excluding hydrogens is 342 g/mol. The number of ether oxygens (including phenoxy) is 1. The Morgan fingerprint density at radius 3 is 2.54 bits per heavy atom. The Morgan fingerprint density at radius 1 is 1.31 bits per heavy atom. The van der Waals surface area contributed by atoms with Crippen LogP contribution < -0.4 is 15.4 Å². The van der Waals surface area contributed by atoms with Gasteiger partial charge in [-0.2, -0.15) is 8.78 Å². The molecule has 0 bridgehead atoms. The molecule has 0 aromatic heterocycles. The molecule has 1 rings (SSSR count). The molecule has 1 aromatic carbocycles. The molecule has 0 atom stereocenters. The monoisotopic (exact) mass is 368 g/mol. The van der Waals surface area contributed by atoms with Crippen molar-refractivity contribution in [2.24, 2.45) is 4.99 Å². The minimum Gasteiger partial charge on any atom is -0.434 e. The lowest BCUT2D eigenvalue weighted by Gasteiger charge is -2.15. The van der Waals surface area contributed by atoms with Crippen LogP contribution in [0.4, 0.5) is 8.78 Å². The molecule has 0 heterocycles. The number of nitrogens with zero attached hydrogens (tertiary/aromatic N) is 2. The molecule has 0 aliphatic heterocycles. The third-order valence-corrected chi connectivity index (χ3v) is 3.30. The summed E-state index contributed by atoms with van der Waals surface area (Å²) in [6, 6.07) is 4.93. The lowest BCUT2D eigenvalue weighted by molar-refractivity contribution is -0.127. The van der Waals surface area contributed by atoms with Crippen LogP contribution in [-0.4, -0.2) is 50.6 Å². The molecule has 0 fully saturated rings. The molecule has 0 unspecified atom stereocenters. The van der Waals surface area contributed by atoms with Gasteiger partial charge in [-0.05, 0) is 19.9 Å². The molecular formula is C18H26F2N4O2. The van der Waals surface area contributed by atoms with Gasteiger partial charge in [0.25, 0.3) is 0 Å². The Hall–Kier alpha value is -2.64. The summed E-state index contributed by atoms with van der Waals surface area (Å²) in [6.07, 6.45) is 0. The summed E-state index contributed by atoms with van der Waals surface area (Å²) in [6.45, 7) is 5.25. The van der Waals surface area contributed by atoms with Crippen LogP contribution in [0.5, 0.6) is 5.75 Å². The highest BCUT2D eigenvalue weighted by molar-refractivity contribution is 5.86. The average Bonchev–Trinajstić information content (AvgIpc) is 2.55. The molecule has 0 saturated carbocycles. The van der Waals surface area contributed by atoms with Crippen LogP contribution >= 0.6 is 0 Å². The third kappa shape index (κ3) is 7.96. The van der Waals surface area contributed by atoms with Gasteiger partial charge in [0.1, 0.15) is 5.75 Å². The molecule has 0 aliphatic carbocycles. The number of aliphatic imine (C=N–C) groups is 1. The number of halogens is 2. The second kappa shape index (κ2) is 10.4. The first-order valence-corrected chi connectivity index (χ1v) is 8.10. The van der Waals surface area contributed by atoms with E-state index < -0.39 is 6.61 Å². The second-order valence-corrected chi connectivity index (χ2v) is 6.11. The van der Waals surface area contributed by atoms with Crippen molar-refractivity contribution in [2.75, 3.05) is 27.2 Å². The first-order chi connectivity index (χ1) is 12.2. The smallest absolute Gasteiger partial charge is 0.387 e. The molecule has 26 heavy (non-hydrogen) atoms. The molecule has 6 nitrogen and oxygen atoms in total. The third-order valence-electron chi connectivity index (χ3n) is 3.30. The first-order valence-electron chi connectivity index (χ1n) is 8.10. The predicted octanol–water partition coefficient (Wildman–Crippen LogP) is 2.30. The van der Waals surface area contributed by atoms with Crippen molar-refractivity contribution in [1.29, 1.82) is 0 Å². The lowest BCUT2D eigenvalue weighted by atomic mass is 10.1. The van der Waals surface area contributed by atoms with Crippen LogP contribution in [0, 0.1) is 6.92 Å². The normalized spacial score (nSPS) is 11.3. The number of guanidine groups is 1. The van der Waals surface area contributed by atoms with Crippen molar-refractivity contribution in [1.82, 2.24) is 15.5 Å². The van der Waals surface area contributed by atoms with E-state index in [4.69, 9.17) is 0 Å². The highest BCUT2D eigenvalue weighted by Crippen LogP contribution is 2.22. The largest absolute Gasteiger partial charge is 0.434 e. The number of hydrogen-bond acceptors (Lipinski definition) is 3. The van der Waals surface area contributed by atoms with Gasteiger partial charge in [-0.15, -0.1) is 0 Å². The van der Waals surface area contributed by atoms with Crippen LogP contribution in [0.1, 0.15) is 18.1 Å². The number of nitrogens with one attached hydrogen (secondary N) is 2. The van der Waals surface area contributed by atoms with E-state index in [2.05, 4.69) is 26.9 Å². The van der Waals surface area contributed by atoms with Crippen LogP contribution in [0.25, 0.3) is 0 Å². The summed E-state index contributed by atoms with van der Waals surface area (Å²) in [5, 5.41) is 5.96. The van der Waals surface area contributed by atoms with Gasteiger partial charge >= 0.3 is 6.61 Å². The molecule has 8 heteroatoms. The predicted molar refractivity (Wildman–Crippen MR) is 98.5 cm³/mol. The zero-order valence-corrected chi connectivity index (χ0v) is 15.6. The van der Waals surface area contributed by atoms with Gasteiger partial charge in [0.2, 0.25) is 5.91 Å². The summed E-state index contributed by atoms with van der Waals surface area (Å²) in [4.78, 5) is 17.6. The molecule has 0 spiro atoms. The van der Waals surface area contributed by atoms with E-state index >= 15 is 0 Å². The minimum atomic E-state index is -2.91. The minimum absolute atomic E-state index is 0.0588. The first kappa shape index (κ1) is 21.4. The van der Waals surface area contributed by atoms with Crippen molar-refractivity contribution in [3.63, 3.8) is 0 Å². The van der Waals surface area contributed by atoms with Crippen LogP contribution in [0.3, 0.4) is 0 Å². The number of amides is 1. The molecule has 144 valence electrons. The fourth-order valence-corrected chi connectivity index (χ4v) is 1.93. The number of hydrogen-bond donors (Lipinski definition) is 2. The van der Waals surface area contributed by atoms with Crippen LogP contribution in [0.15, 0.2) is 35.3 Å². The van der Waals surface area contributed by atoms with Crippen molar-refractivity contribution < 1.29 is 18.3 Å². The van der Waals surface area contributed by atoms with Gasteiger partial charge in [-0.25, -0.2) is 4.99 Å². The Bertz CT molecular complexity index is 661. The quantitative estimate of drug-likeness (QED) is 0.420. The summed E-state index contributed by atoms with van der Waals surface area (Å²) in [7, 11) is 3.31. The second-order valence-electron chi connectivity index (χ2n) is 6.11. The SMILES string of the molecule is C=C(C)CNC(=NCc1cc(C)ccc1OC(F)F)NCC(=O)N(C)C. The summed E-state index contributed by atoms with van der Waals surface area (Å²) in [5.41, 5.74) is 2.32. The average molecular weight is 368 g/mol. The number of carbonyl (C=O) groups is 1. The van der Waals surface area contributed by atoms with Crippen molar-refractivity contribution >= 4 is 11.9 Å². The Morgan fingerprint density at radius 2 is 1.96 bits per heavy atom. The van der Waals surface area contributed by atoms with Gasteiger partial charge in [-0.3, -0.25) is 4.79 Å².